The predicted molar refractivity (Wildman–Crippen MR) is 119 cm³/mol. The van der Waals surface area contributed by atoms with Crippen LogP contribution in [0.5, 0.6) is 0 Å². The Kier molecular flexibility index (Phi) is 8.90. The molecule has 0 bridgehead atoms. The van der Waals surface area contributed by atoms with Gasteiger partial charge in [-0.05, 0) is 50.1 Å². The maximum atomic E-state index is 12.2. The normalized spacial score (nSPS) is 11.0. The van der Waals surface area contributed by atoms with Gasteiger partial charge in [0.1, 0.15) is 0 Å². The molecule has 1 aromatic carbocycles. The molecule has 0 saturated heterocycles. The van der Waals surface area contributed by atoms with Crippen molar-refractivity contribution in [2.24, 2.45) is 0 Å². The lowest BCUT2D eigenvalue weighted by Crippen LogP contribution is -2.35. The Labute approximate surface area is 182 Å². The minimum atomic E-state index is -0.250. The zero-order valence-electron chi connectivity index (χ0n) is 17.6. The van der Waals surface area contributed by atoms with E-state index in [2.05, 4.69) is 27.8 Å². The van der Waals surface area contributed by atoms with Crippen LogP contribution < -0.4 is 15.8 Å². The number of hydrogen-bond donors (Lipinski definition) is 3. The van der Waals surface area contributed by atoms with Crippen LogP contribution in [0.4, 0.5) is 5.82 Å². The summed E-state index contributed by atoms with van der Waals surface area (Å²) in [6, 6.07) is 14.2. The fraction of sp³-hybridized carbons (Fsp3) is 0.261. The first-order valence-electron chi connectivity index (χ1n) is 9.75. The van der Waals surface area contributed by atoms with Crippen molar-refractivity contribution in [3.05, 3.63) is 65.2 Å². The summed E-state index contributed by atoms with van der Waals surface area (Å²) in [6.45, 7) is 5.37. The van der Waals surface area contributed by atoms with Crippen molar-refractivity contribution in [2.45, 2.75) is 20.3 Å². The Morgan fingerprint density at radius 2 is 1.97 bits per heavy atom. The number of terminal acetylenes is 1. The maximum absolute atomic E-state index is 12.2. The van der Waals surface area contributed by atoms with Gasteiger partial charge in [0.05, 0.1) is 17.2 Å². The number of ether oxygens (including phenoxy) is 1. The van der Waals surface area contributed by atoms with Gasteiger partial charge in [0.2, 0.25) is 5.88 Å². The van der Waals surface area contributed by atoms with E-state index < -0.39 is 0 Å². The molecule has 8 heteroatoms. The van der Waals surface area contributed by atoms with E-state index in [1.165, 1.54) is 11.2 Å². The standard InChI is InChI=1S/C23H25N5O3/c1-4-27-28(23(30)17(3)19-9-7-18(15-24)8-10-19)21-12-11-20(16-26-21)22(29)25-13-6-14-31-5-2/h1,7-12,16,27,30H,5-6,13-14H2,2-3H3,(H,25,29)/b23-17-. The number of rotatable bonds is 10. The van der Waals surface area contributed by atoms with Gasteiger partial charge in [0.25, 0.3) is 5.91 Å². The number of amides is 1. The van der Waals surface area contributed by atoms with Crippen LogP contribution in [0.2, 0.25) is 0 Å². The van der Waals surface area contributed by atoms with Gasteiger partial charge in [-0.25, -0.2) is 10.4 Å². The van der Waals surface area contributed by atoms with Crippen LogP contribution in [0.25, 0.3) is 5.57 Å². The molecular formula is C23H25N5O3. The molecule has 2 aromatic rings. The number of aliphatic hydroxyl groups is 1. The third kappa shape index (κ3) is 6.49. The molecule has 0 unspecified atom stereocenters. The Bertz CT molecular complexity index is 986. The van der Waals surface area contributed by atoms with Crippen LogP contribution in [0.15, 0.2) is 48.5 Å². The zero-order chi connectivity index (χ0) is 22.6. The highest BCUT2D eigenvalue weighted by Gasteiger charge is 2.16. The molecular weight excluding hydrogens is 394 g/mol. The molecule has 2 rings (SSSR count). The lowest BCUT2D eigenvalue weighted by molar-refractivity contribution is 0.0944. The lowest BCUT2D eigenvalue weighted by atomic mass is 10.1. The second-order valence-corrected chi connectivity index (χ2v) is 6.44. The molecule has 1 heterocycles. The first-order valence-corrected chi connectivity index (χ1v) is 9.75. The van der Waals surface area contributed by atoms with Gasteiger partial charge in [0, 0.05) is 37.6 Å². The molecule has 0 atom stereocenters. The van der Waals surface area contributed by atoms with Crippen molar-refractivity contribution in [1.29, 1.82) is 5.26 Å². The van der Waals surface area contributed by atoms with Gasteiger partial charge >= 0.3 is 0 Å². The summed E-state index contributed by atoms with van der Waals surface area (Å²) in [4.78, 5) is 16.5. The number of nitrogens with one attached hydrogen (secondary N) is 2. The van der Waals surface area contributed by atoms with Crippen molar-refractivity contribution in [3.8, 4) is 18.5 Å². The van der Waals surface area contributed by atoms with E-state index in [1.54, 1.807) is 43.3 Å². The molecule has 8 nitrogen and oxygen atoms in total. The van der Waals surface area contributed by atoms with Gasteiger partial charge in [-0.3, -0.25) is 4.79 Å². The van der Waals surface area contributed by atoms with Crippen LogP contribution in [-0.4, -0.2) is 35.8 Å². The number of hydrazine groups is 1. The van der Waals surface area contributed by atoms with Gasteiger partial charge in [-0.15, -0.1) is 0 Å². The first kappa shape index (κ1) is 23.3. The summed E-state index contributed by atoms with van der Waals surface area (Å²) in [7, 11) is 0. The quantitative estimate of drug-likeness (QED) is 0.178. The molecule has 0 saturated carbocycles. The second-order valence-electron chi connectivity index (χ2n) is 6.44. The fourth-order valence-electron chi connectivity index (χ4n) is 2.65. The molecule has 31 heavy (non-hydrogen) atoms. The van der Waals surface area contributed by atoms with Crippen molar-refractivity contribution in [1.82, 2.24) is 15.7 Å². The third-order valence-corrected chi connectivity index (χ3v) is 4.36. The number of pyridine rings is 1. The average molecular weight is 419 g/mol. The summed E-state index contributed by atoms with van der Waals surface area (Å²) in [5.41, 5.74) is 4.73. The Morgan fingerprint density at radius 1 is 1.26 bits per heavy atom. The number of allylic oxidation sites excluding steroid dienone is 1. The number of nitrogens with zero attached hydrogens (tertiary/aromatic N) is 3. The van der Waals surface area contributed by atoms with Crippen molar-refractivity contribution in [2.75, 3.05) is 24.8 Å². The highest BCUT2D eigenvalue weighted by atomic mass is 16.5. The highest BCUT2D eigenvalue weighted by molar-refractivity contribution is 5.94. The van der Waals surface area contributed by atoms with Crippen LogP contribution in [0.1, 0.15) is 41.8 Å². The number of aromatic nitrogens is 1. The maximum Gasteiger partial charge on any atom is 0.252 e. The van der Waals surface area contributed by atoms with E-state index in [9.17, 15) is 9.90 Å². The van der Waals surface area contributed by atoms with Gasteiger partial charge in [-0.1, -0.05) is 18.6 Å². The number of nitriles is 1. The molecule has 0 radical (unpaired) electrons. The molecule has 0 spiro atoms. The highest BCUT2D eigenvalue weighted by Crippen LogP contribution is 2.22. The van der Waals surface area contributed by atoms with Gasteiger partial charge < -0.3 is 15.2 Å². The largest absolute Gasteiger partial charge is 0.493 e. The van der Waals surface area contributed by atoms with E-state index in [0.29, 0.717) is 47.8 Å². The molecule has 0 fully saturated rings. The topological polar surface area (TPSA) is 111 Å². The summed E-state index contributed by atoms with van der Waals surface area (Å²) in [5.74, 6) is -0.111. The number of carbonyl (C=O) groups excluding carboxylic acids is 1. The SMILES string of the molecule is C#CNN(/C(O)=C(\C)c1ccc(C#N)cc1)c1ccc(C(=O)NCCCOCC)cn1. The van der Waals surface area contributed by atoms with Crippen molar-refractivity contribution >= 4 is 17.3 Å². The molecule has 0 aliphatic rings. The van der Waals surface area contributed by atoms with E-state index in [1.807, 2.05) is 6.92 Å². The second kappa shape index (κ2) is 11.9. The molecule has 0 aliphatic carbocycles. The number of aliphatic hydroxyl groups excluding tert-OH is 1. The zero-order valence-corrected chi connectivity index (χ0v) is 17.6. The molecule has 0 aliphatic heterocycles. The number of benzene rings is 1. The lowest BCUT2D eigenvalue weighted by Gasteiger charge is -2.22. The van der Waals surface area contributed by atoms with E-state index in [4.69, 9.17) is 16.4 Å². The average Bonchev–Trinajstić information content (AvgIpc) is 2.81. The third-order valence-electron chi connectivity index (χ3n) is 4.36. The number of carbonyl (C=O) groups is 1. The van der Waals surface area contributed by atoms with Crippen molar-refractivity contribution in [3.63, 3.8) is 0 Å². The summed E-state index contributed by atoms with van der Waals surface area (Å²) >= 11 is 0. The van der Waals surface area contributed by atoms with E-state index in [0.717, 1.165) is 6.42 Å². The number of hydrogen-bond acceptors (Lipinski definition) is 7. The summed E-state index contributed by atoms with van der Waals surface area (Å²) in [6.07, 6.45) is 7.50. The number of anilines is 1. The summed E-state index contributed by atoms with van der Waals surface area (Å²) < 4.78 is 5.24. The molecule has 3 N–H and O–H groups in total. The molecule has 1 amide bonds. The van der Waals surface area contributed by atoms with Crippen LogP contribution >= 0.6 is 0 Å². The van der Waals surface area contributed by atoms with Crippen LogP contribution in [0, 0.1) is 23.8 Å². The van der Waals surface area contributed by atoms with Gasteiger partial charge in [-0.2, -0.15) is 10.3 Å². The van der Waals surface area contributed by atoms with E-state index >= 15 is 0 Å². The first-order chi connectivity index (χ1) is 15.0. The minimum absolute atomic E-state index is 0.164. The van der Waals surface area contributed by atoms with Crippen LogP contribution in [-0.2, 0) is 4.74 Å². The van der Waals surface area contributed by atoms with E-state index in [-0.39, 0.29) is 11.8 Å². The Morgan fingerprint density at radius 3 is 2.55 bits per heavy atom. The fourth-order valence-corrected chi connectivity index (χ4v) is 2.65. The Balaban J connectivity index is 2.16. The molecule has 1 aromatic heterocycles. The Hall–Kier alpha value is -4.01. The summed E-state index contributed by atoms with van der Waals surface area (Å²) in [5, 5.41) is 23.7. The van der Waals surface area contributed by atoms with Crippen molar-refractivity contribution < 1.29 is 14.6 Å². The smallest absolute Gasteiger partial charge is 0.252 e. The van der Waals surface area contributed by atoms with Gasteiger partial charge in [0.15, 0.2) is 5.82 Å². The molecule has 160 valence electrons. The van der Waals surface area contributed by atoms with Crippen LogP contribution in [0.3, 0.4) is 0 Å². The minimum Gasteiger partial charge on any atom is -0.493 e. The monoisotopic (exact) mass is 419 g/mol. The predicted octanol–water partition coefficient (Wildman–Crippen LogP) is 2.96.